The summed E-state index contributed by atoms with van der Waals surface area (Å²) in [7, 11) is -3.78. The molecule has 0 N–H and O–H groups in total. The summed E-state index contributed by atoms with van der Waals surface area (Å²) in [5.41, 5.74) is 0. The Morgan fingerprint density at radius 3 is 2.41 bits per heavy atom. The molecule has 2 atom stereocenters. The van der Waals surface area contributed by atoms with Crippen molar-refractivity contribution in [3.8, 4) is 0 Å². The van der Waals surface area contributed by atoms with E-state index in [0.717, 1.165) is 12.8 Å². The SMILES string of the molecule is C[Si](C)(C)OC1=NC(O[Si](C)(C)C)N(C2CCCO2)C=C1F. The summed E-state index contributed by atoms with van der Waals surface area (Å²) >= 11 is 0. The first-order chi connectivity index (χ1) is 10.1. The van der Waals surface area contributed by atoms with E-state index in [1.807, 2.05) is 19.6 Å². The molecular formula is C14H27FN2O3Si2. The van der Waals surface area contributed by atoms with Crippen LogP contribution in [0, 0.1) is 0 Å². The van der Waals surface area contributed by atoms with E-state index in [1.165, 1.54) is 6.20 Å². The third-order valence-corrected chi connectivity index (χ3v) is 4.77. The molecule has 2 aliphatic heterocycles. The van der Waals surface area contributed by atoms with Crippen LogP contribution < -0.4 is 0 Å². The number of hydrogen-bond acceptors (Lipinski definition) is 5. The molecule has 8 heteroatoms. The van der Waals surface area contributed by atoms with E-state index in [4.69, 9.17) is 13.6 Å². The Hall–Kier alpha value is -0.706. The van der Waals surface area contributed by atoms with Gasteiger partial charge in [0.1, 0.15) is 6.23 Å². The lowest BCUT2D eigenvalue weighted by molar-refractivity contribution is -0.0720. The van der Waals surface area contributed by atoms with Crippen molar-refractivity contribution >= 4 is 22.5 Å². The molecule has 0 aliphatic carbocycles. The first-order valence-electron chi connectivity index (χ1n) is 7.76. The van der Waals surface area contributed by atoms with Crippen LogP contribution in [0.2, 0.25) is 39.3 Å². The molecule has 1 fully saturated rings. The van der Waals surface area contributed by atoms with Crippen LogP contribution in [0.15, 0.2) is 17.0 Å². The average Bonchev–Trinajstić information content (AvgIpc) is 2.82. The van der Waals surface area contributed by atoms with Gasteiger partial charge in [0.2, 0.25) is 20.6 Å². The first-order valence-corrected chi connectivity index (χ1v) is 14.6. The van der Waals surface area contributed by atoms with Crippen LogP contribution >= 0.6 is 0 Å². The molecule has 1 saturated heterocycles. The van der Waals surface area contributed by atoms with Gasteiger partial charge in [-0.2, -0.15) is 9.38 Å². The number of aliphatic imine (C=N–C) groups is 1. The highest BCUT2D eigenvalue weighted by Crippen LogP contribution is 2.28. The topological polar surface area (TPSA) is 43.3 Å². The van der Waals surface area contributed by atoms with Crippen LogP contribution in [0.25, 0.3) is 0 Å². The van der Waals surface area contributed by atoms with Crippen LogP contribution in [0.3, 0.4) is 0 Å². The minimum Gasteiger partial charge on any atom is -0.530 e. The minimum atomic E-state index is -1.93. The third-order valence-electron chi connectivity index (χ3n) is 3.05. The zero-order chi connectivity index (χ0) is 16.5. The molecule has 0 saturated carbocycles. The van der Waals surface area contributed by atoms with E-state index in [-0.39, 0.29) is 12.1 Å². The fraction of sp³-hybridized carbons (Fsp3) is 0.786. The van der Waals surface area contributed by atoms with Crippen molar-refractivity contribution in [3.05, 3.63) is 12.0 Å². The largest absolute Gasteiger partial charge is 0.530 e. The smallest absolute Gasteiger partial charge is 0.244 e. The second-order valence-corrected chi connectivity index (χ2v) is 16.5. The Morgan fingerprint density at radius 2 is 1.91 bits per heavy atom. The molecule has 5 nitrogen and oxygen atoms in total. The summed E-state index contributed by atoms with van der Waals surface area (Å²) in [5.74, 6) is -0.384. The maximum Gasteiger partial charge on any atom is 0.244 e. The monoisotopic (exact) mass is 346 g/mol. The van der Waals surface area contributed by atoms with E-state index >= 15 is 0 Å². The van der Waals surface area contributed by atoms with Crippen molar-refractivity contribution in [1.29, 1.82) is 0 Å². The van der Waals surface area contributed by atoms with E-state index in [2.05, 4.69) is 24.6 Å². The standard InChI is InChI=1S/C14H27FN2O3Si2/c1-21(2,3)19-13-11(15)10-17(12-8-7-9-18-12)14(16-13)20-22(4,5)6/h10,12,14H,7-9H2,1-6H3. The molecule has 2 aliphatic rings. The Bertz CT molecular complexity index is 466. The normalized spacial score (nSPS) is 26.8. The Balaban J connectivity index is 2.24. The molecule has 0 radical (unpaired) electrons. The second-order valence-electron chi connectivity index (χ2n) is 7.60. The van der Waals surface area contributed by atoms with Gasteiger partial charge in [-0.05, 0) is 52.1 Å². The lowest BCUT2D eigenvalue weighted by Crippen LogP contribution is -2.48. The Labute approximate surface area is 134 Å². The molecule has 2 unspecified atom stereocenters. The van der Waals surface area contributed by atoms with Gasteiger partial charge in [0.25, 0.3) is 0 Å². The van der Waals surface area contributed by atoms with Crippen LogP contribution in [-0.2, 0) is 13.6 Å². The van der Waals surface area contributed by atoms with Gasteiger partial charge in [-0.15, -0.1) is 0 Å². The number of nitrogens with zero attached hydrogens (tertiary/aromatic N) is 2. The van der Waals surface area contributed by atoms with Gasteiger partial charge in [0.15, 0.2) is 14.1 Å². The third kappa shape index (κ3) is 4.90. The highest BCUT2D eigenvalue weighted by atomic mass is 28.4. The summed E-state index contributed by atoms with van der Waals surface area (Å²) in [4.78, 5) is 6.15. The van der Waals surface area contributed by atoms with Crippen LogP contribution in [0.1, 0.15) is 12.8 Å². The minimum absolute atomic E-state index is 0.0664. The molecule has 0 aromatic carbocycles. The summed E-state index contributed by atoms with van der Waals surface area (Å²) in [6.07, 6.45) is 2.52. The van der Waals surface area contributed by atoms with Gasteiger partial charge in [0.05, 0.1) is 0 Å². The summed E-state index contributed by atoms with van der Waals surface area (Å²) < 4.78 is 31.9. The first kappa shape index (κ1) is 17.6. The maximum absolute atomic E-state index is 14.4. The van der Waals surface area contributed by atoms with Gasteiger partial charge in [-0.1, -0.05) is 0 Å². The molecule has 0 aromatic heterocycles. The van der Waals surface area contributed by atoms with Crippen molar-refractivity contribution in [2.24, 2.45) is 4.99 Å². The highest BCUT2D eigenvalue weighted by Gasteiger charge is 2.36. The van der Waals surface area contributed by atoms with Crippen molar-refractivity contribution in [3.63, 3.8) is 0 Å². The fourth-order valence-corrected chi connectivity index (χ4v) is 3.81. The molecular weight excluding hydrogens is 319 g/mol. The fourth-order valence-electron chi connectivity index (χ4n) is 2.27. The quantitative estimate of drug-likeness (QED) is 0.729. The second kappa shape index (κ2) is 6.42. The van der Waals surface area contributed by atoms with Gasteiger partial charge in [0, 0.05) is 12.8 Å². The summed E-state index contributed by atoms with van der Waals surface area (Å²) in [6.45, 7) is 13.0. The van der Waals surface area contributed by atoms with Gasteiger partial charge in [-0.3, -0.25) is 0 Å². The van der Waals surface area contributed by atoms with Crippen molar-refractivity contribution in [1.82, 2.24) is 4.90 Å². The predicted octanol–water partition coefficient (Wildman–Crippen LogP) is 3.63. The molecule has 22 heavy (non-hydrogen) atoms. The number of rotatable bonds is 4. The molecule has 2 rings (SSSR count). The molecule has 0 spiro atoms. The van der Waals surface area contributed by atoms with Crippen molar-refractivity contribution in [2.45, 2.75) is 64.7 Å². The van der Waals surface area contributed by atoms with Gasteiger partial charge in [-0.25, -0.2) is 0 Å². The molecule has 0 amide bonds. The van der Waals surface area contributed by atoms with E-state index in [0.29, 0.717) is 6.61 Å². The highest BCUT2D eigenvalue weighted by molar-refractivity contribution is 6.71. The zero-order valence-corrected chi connectivity index (χ0v) is 16.4. The molecule has 0 aromatic rings. The number of hydrogen-bond donors (Lipinski definition) is 0. The van der Waals surface area contributed by atoms with E-state index in [1.54, 1.807) is 4.90 Å². The van der Waals surface area contributed by atoms with Gasteiger partial charge >= 0.3 is 0 Å². The van der Waals surface area contributed by atoms with Crippen molar-refractivity contribution in [2.75, 3.05) is 6.61 Å². The molecule has 2 heterocycles. The maximum atomic E-state index is 14.4. The van der Waals surface area contributed by atoms with Crippen LogP contribution in [0.5, 0.6) is 0 Å². The van der Waals surface area contributed by atoms with Crippen LogP contribution in [0.4, 0.5) is 4.39 Å². The zero-order valence-electron chi connectivity index (χ0n) is 14.4. The summed E-state index contributed by atoms with van der Waals surface area (Å²) in [5, 5.41) is 0. The number of ether oxygens (including phenoxy) is 1. The molecule has 126 valence electrons. The van der Waals surface area contributed by atoms with Gasteiger partial charge < -0.3 is 18.5 Å². The van der Waals surface area contributed by atoms with E-state index in [9.17, 15) is 4.39 Å². The number of halogens is 1. The molecule has 0 bridgehead atoms. The lowest BCUT2D eigenvalue weighted by Gasteiger charge is -2.38. The van der Waals surface area contributed by atoms with Crippen molar-refractivity contribution < 1.29 is 18.0 Å². The predicted molar refractivity (Wildman–Crippen MR) is 90.1 cm³/mol. The van der Waals surface area contributed by atoms with Crippen LogP contribution in [-0.4, -0.2) is 46.6 Å². The average molecular weight is 347 g/mol. The summed E-state index contributed by atoms with van der Waals surface area (Å²) in [6, 6.07) is 0. The van der Waals surface area contributed by atoms with E-state index < -0.39 is 28.8 Å². The Morgan fingerprint density at radius 1 is 1.23 bits per heavy atom. The lowest BCUT2D eigenvalue weighted by atomic mass is 10.3. The Kier molecular flexibility index (Phi) is 5.15.